The Morgan fingerprint density at radius 3 is 2.76 bits per heavy atom. The van der Waals surface area contributed by atoms with Crippen molar-refractivity contribution in [3.63, 3.8) is 0 Å². The largest absolute Gasteiger partial charge is 0.359 e. The molecule has 17 heavy (non-hydrogen) atoms. The highest BCUT2D eigenvalue weighted by Gasteiger charge is 2.34. The van der Waals surface area contributed by atoms with Gasteiger partial charge in [0.15, 0.2) is 0 Å². The molecule has 1 saturated carbocycles. The van der Waals surface area contributed by atoms with Gasteiger partial charge >= 0.3 is 0 Å². The van der Waals surface area contributed by atoms with E-state index in [-0.39, 0.29) is 5.82 Å². The first-order chi connectivity index (χ1) is 8.11. The molecule has 0 amide bonds. The molecule has 0 aliphatic heterocycles. The molecule has 0 spiro atoms. The molecule has 0 saturated heterocycles. The summed E-state index contributed by atoms with van der Waals surface area (Å²) in [5.41, 5.74) is 2.62. The lowest BCUT2D eigenvalue weighted by Gasteiger charge is -2.10. The van der Waals surface area contributed by atoms with Crippen molar-refractivity contribution in [2.45, 2.75) is 33.1 Å². The molecule has 1 aliphatic rings. The first-order valence-electron chi connectivity index (χ1n) is 6.36. The Hall–Kier alpha value is -1.31. The van der Waals surface area contributed by atoms with Crippen LogP contribution in [0.2, 0.25) is 0 Å². The van der Waals surface area contributed by atoms with Crippen LogP contribution in [0.15, 0.2) is 30.5 Å². The Balaban J connectivity index is 2.02. The van der Waals surface area contributed by atoms with E-state index < -0.39 is 0 Å². The third-order valence-corrected chi connectivity index (χ3v) is 3.43. The van der Waals surface area contributed by atoms with Crippen LogP contribution in [0.25, 0.3) is 0 Å². The van der Waals surface area contributed by atoms with Crippen molar-refractivity contribution >= 4 is 5.69 Å². The SMILES string of the molecule is C=C(Nc1ccc(CCC)c(F)c1)C1C[C@H]1C. The number of rotatable bonds is 5. The number of aryl methyl sites for hydroxylation is 1. The van der Waals surface area contributed by atoms with E-state index in [1.807, 2.05) is 12.1 Å². The third kappa shape index (κ3) is 2.87. The number of benzene rings is 1. The van der Waals surface area contributed by atoms with Crippen molar-refractivity contribution in [3.05, 3.63) is 41.9 Å². The number of hydrogen-bond donors (Lipinski definition) is 1. The zero-order chi connectivity index (χ0) is 12.4. The summed E-state index contributed by atoms with van der Waals surface area (Å²) in [5.74, 6) is 1.17. The van der Waals surface area contributed by atoms with Gasteiger partial charge in [-0.15, -0.1) is 0 Å². The van der Waals surface area contributed by atoms with Crippen molar-refractivity contribution in [1.82, 2.24) is 0 Å². The van der Waals surface area contributed by atoms with Crippen LogP contribution in [0.1, 0.15) is 32.3 Å². The maximum atomic E-state index is 13.7. The first kappa shape index (κ1) is 12.2. The summed E-state index contributed by atoms with van der Waals surface area (Å²) in [7, 11) is 0. The van der Waals surface area contributed by atoms with E-state index in [1.165, 1.54) is 6.42 Å². The molecule has 2 heteroatoms. The van der Waals surface area contributed by atoms with Crippen molar-refractivity contribution < 1.29 is 4.39 Å². The van der Waals surface area contributed by atoms with Gasteiger partial charge < -0.3 is 5.32 Å². The molecule has 1 N–H and O–H groups in total. The minimum atomic E-state index is -0.117. The van der Waals surface area contributed by atoms with Gasteiger partial charge in [0.1, 0.15) is 5.82 Å². The summed E-state index contributed by atoms with van der Waals surface area (Å²) in [6, 6.07) is 5.38. The smallest absolute Gasteiger partial charge is 0.128 e. The highest BCUT2D eigenvalue weighted by Crippen LogP contribution is 2.42. The molecule has 1 aliphatic carbocycles. The molecular weight excluding hydrogens is 213 g/mol. The number of allylic oxidation sites excluding steroid dienone is 1. The van der Waals surface area contributed by atoms with Gasteiger partial charge in [-0.25, -0.2) is 4.39 Å². The van der Waals surface area contributed by atoms with Crippen LogP contribution in [0.4, 0.5) is 10.1 Å². The van der Waals surface area contributed by atoms with Crippen LogP contribution in [0.3, 0.4) is 0 Å². The molecular formula is C15H20FN. The Morgan fingerprint density at radius 2 is 2.24 bits per heavy atom. The molecule has 1 aromatic rings. The summed E-state index contributed by atoms with van der Waals surface area (Å²) in [4.78, 5) is 0. The van der Waals surface area contributed by atoms with Gasteiger partial charge in [0.25, 0.3) is 0 Å². The number of nitrogens with one attached hydrogen (secondary N) is 1. The maximum Gasteiger partial charge on any atom is 0.128 e. The zero-order valence-corrected chi connectivity index (χ0v) is 10.6. The standard InChI is InChI=1S/C15H20FN/c1-4-5-12-6-7-13(9-15(12)16)17-11(3)14-8-10(14)2/h6-7,9-10,14,17H,3-5,8H2,1-2H3/t10-,14?/m1/s1. The topological polar surface area (TPSA) is 12.0 Å². The van der Waals surface area contributed by atoms with Gasteiger partial charge in [-0.2, -0.15) is 0 Å². The van der Waals surface area contributed by atoms with Crippen molar-refractivity contribution in [1.29, 1.82) is 0 Å². The monoisotopic (exact) mass is 233 g/mol. The maximum absolute atomic E-state index is 13.7. The highest BCUT2D eigenvalue weighted by atomic mass is 19.1. The number of hydrogen-bond acceptors (Lipinski definition) is 1. The molecule has 1 unspecified atom stereocenters. The summed E-state index contributed by atoms with van der Waals surface area (Å²) >= 11 is 0. The van der Waals surface area contributed by atoms with Gasteiger partial charge in [-0.1, -0.05) is 32.9 Å². The van der Waals surface area contributed by atoms with Crippen LogP contribution >= 0.6 is 0 Å². The molecule has 0 bridgehead atoms. The van der Waals surface area contributed by atoms with Crippen LogP contribution in [-0.4, -0.2) is 0 Å². The molecule has 0 heterocycles. The fraction of sp³-hybridized carbons (Fsp3) is 0.467. The number of halogens is 1. The summed E-state index contributed by atoms with van der Waals surface area (Å²) in [5, 5.41) is 3.21. The van der Waals surface area contributed by atoms with E-state index in [4.69, 9.17) is 0 Å². The van der Waals surface area contributed by atoms with E-state index in [1.54, 1.807) is 6.07 Å². The van der Waals surface area contributed by atoms with Crippen molar-refractivity contribution in [2.24, 2.45) is 11.8 Å². The fourth-order valence-corrected chi connectivity index (χ4v) is 2.18. The van der Waals surface area contributed by atoms with E-state index >= 15 is 0 Å². The lowest BCUT2D eigenvalue weighted by molar-refractivity contribution is 0.608. The van der Waals surface area contributed by atoms with Gasteiger partial charge in [0.05, 0.1) is 0 Å². The lowest BCUT2D eigenvalue weighted by Crippen LogP contribution is -2.02. The fourth-order valence-electron chi connectivity index (χ4n) is 2.18. The predicted octanol–water partition coefficient (Wildman–Crippen LogP) is 4.36. The molecule has 2 atom stereocenters. The lowest BCUT2D eigenvalue weighted by atomic mass is 10.1. The predicted molar refractivity (Wildman–Crippen MR) is 70.4 cm³/mol. The second-order valence-corrected chi connectivity index (χ2v) is 5.03. The molecule has 0 radical (unpaired) electrons. The summed E-state index contributed by atoms with van der Waals surface area (Å²) < 4.78 is 13.7. The van der Waals surface area contributed by atoms with E-state index in [0.29, 0.717) is 5.92 Å². The minimum absolute atomic E-state index is 0.117. The minimum Gasteiger partial charge on any atom is -0.359 e. The second kappa shape index (κ2) is 4.91. The molecule has 1 aromatic carbocycles. The molecule has 1 nitrogen and oxygen atoms in total. The van der Waals surface area contributed by atoms with Crippen molar-refractivity contribution in [2.75, 3.05) is 5.32 Å². The van der Waals surface area contributed by atoms with Gasteiger partial charge in [-0.05, 0) is 36.5 Å². The van der Waals surface area contributed by atoms with Gasteiger partial charge in [-0.3, -0.25) is 0 Å². The molecule has 92 valence electrons. The van der Waals surface area contributed by atoms with Gasteiger partial charge in [0.2, 0.25) is 0 Å². The highest BCUT2D eigenvalue weighted by molar-refractivity contribution is 5.50. The average molecular weight is 233 g/mol. The van der Waals surface area contributed by atoms with Crippen LogP contribution in [-0.2, 0) is 6.42 Å². The quantitative estimate of drug-likeness (QED) is 0.796. The van der Waals surface area contributed by atoms with Crippen LogP contribution < -0.4 is 5.32 Å². The van der Waals surface area contributed by atoms with E-state index in [0.717, 1.165) is 35.7 Å². The molecule has 0 aromatic heterocycles. The molecule has 2 rings (SSSR count). The van der Waals surface area contributed by atoms with Crippen LogP contribution in [0.5, 0.6) is 0 Å². The molecule has 1 fully saturated rings. The zero-order valence-electron chi connectivity index (χ0n) is 10.6. The Bertz CT molecular complexity index is 425. The summed E-state index contributed by atoms with van der Waals surface area (Å²) in [6.45, 7) is 8.29. The normalized spacial score (nSPS) is 22.3. The first-order valence-corrected chi connectivity index (χ1v) is 6.36. The number of anilines is 1. The van der Waals surface area contributed by atoms with Gasteiger partial charge in [0, 0.05) is 17.3 Å². The van der Waals surface area contributed by atoms with Crippen LogP contribution in [0, 0.1) is 17.7 Å². The van der Waals surface area contributed by atoms with E-state index in [2.05, 4.69) is 25.7 Å². The second-order valence-electron chi connectivity index (χ2n) is 5.03. The summed E-state index contributed by atoms with van der Waals surface area (Å²) in [6.07, 6.45) is 2.96. The Morgan fingerprint density at radius 1 is 1.53 bits per heavy atom. The Kier molecular flexibility index (Phi) is 3.51. The van der Waals surface area contributed by atoms with E-state index in [9.17, 15) is 4.39 Å². The van der Waals surface area contributed by atoms with Crippen molar-refractivity contribution in [3.8, 4) is 0 Å². The Labute approximate surface area is 103 Å². The third-order valence-electron chi connectivity index (χ3n) is 3.43. The average Bonchev–Trinajstić information content (AvgIpc) is 3.00.